The van der Waals surface area contributed by atoms with Crippen LogP contribution in [0.25, 0.3) is 0 Å². The lowest BCUT2D eigenvalue weighted by molar-refractivity contribution is 0.0995. The number of hydrogen-bond donors (Lipinski definition) is 1. The number of halogens is 1. The van der Waals surface area contributed by atoms with Gasteiger partial charge < -0.3 is 9.73 Å². The Balaban J connectivity index is 1.73. The summed E-state index contributed by atoms with van der Waals surface area (Å²) in [6.45, 7) is 0.495. The first-order chi connectivity index (χ1) is 10.5. The minimum Gasteiger partial charge on any atom is -0.444 e. The van der Waals surface area contributed by atoms with E-state index in [2.05, 4.69) is 21.2 Å². The van der Waals surface area contributed by atoms with Gasteiger partial charge in [0.25, 0.3) is 5.91 Å². The first-order valence-corrected chi connectivity index (χ1v) is 9.03. The van der Waals surface area contributed by atoms with Crippen LogP contribution < -0.4 is 9.62 Å². The molecule has 1 aromatic carbocycles. The Kier molecular flexibility index (Phi) is 3.96. The van der Waals surface area contributed by atoms with E-state index in [1.807, 2.05) is 0 Å². The number of nitrogens with zero attached hydrogens (tertiary/aromatic N) is 1. The Morgan fingerprint density at radius 1 is 1.18 bits per heavy atom. The van der Waals surface area contributed by atoms with E-state index in [-0.39, 0.29) is 17.4 Å². The molecule has 0 unspecified atom stereocenters. The van der Waals surface area contributed by atoms with Crippen LogP contribution in [0, 0.1) is 0 Å². The Bertz CT molecular complexity index is 799. The monoisotopic (exact) mass is 384 g/mol. The van der Waals surface area contributed by atoms with Crippen molar-refractivity contribution < 1.29 is 17.6 Å². The molecule has 1 aliphatic rings. The number of carbonyl (C=O) groups excluding carboxylic acids is 1. The zero-order valence-corrected chi connectivity index (χ0v) is 13.9. The maximum atomic E-state index is 11.9. The predicted octanol–water partition coefficient (Wildman–Crippen LogP) is 2.83. The smallest absolute Gasteiger partial charge is 0.291 e. The van der Waals surface area contributed by atoms with Gasteiger partial charge in [-0.15, -0.1) is 0 Å². The van der Waals surface area contributed by atoms with E-state index in [1.54, 1.807) is 36.4 Å². The minimum atomic E-state index is -3.19. The number of carbonyl (C=O) groups is 1. The Morgan fingerprint density at radius 3 is 2.45 bits per heavy atom. The zero-order valence-electron chi connectivity index (χ0n) is 11.5. The molecule has 2 heterocycles. The predicted molar refractivity (Wildman–Crippen MR) is 86.6 cm³/mol. The molecule has 3 rings (SSSR count). The molecule has 2 aromatic rings. The molecule has 1 aromatic heterocycles. The van der Waals surface area contributed by atoms with Crippen LogP contribution >= 0.6 is 15.9 Å². The van der Waals surface area contributed by atoms with E-state index >= 15 is 0 Å². The standard InChI is InChI=1S/C14H13BrN2O4S/c15-13-7-6-12(21-13)14(18)16-10-2-4-11(5-3-10)17-8-1-9-22(17,19)20/h2-7H,1,8-9H2,(H,16,18). The van der Waals surface area contributed by atoms with E-state index in [1.165, 1.54) is 4.31 Å². The SMILES string of the molecule is O=C(Nc1ccc(N2CCCS2(=O)=O)cc1)c1ccc(Br)o1. The number of hydrogen-bond acceptors (Lipinski definition) is 4. The quantitative estimate of drug-likeness (QED) is 0.881. The number of amides is 1. The van der Waals surface area contributed by atoms with Crippen LogP contribution in [-0.4, -0.2) is 26.6 Å². The highest BCUT2D eigenvalue weighted by Crippen LogP contribution is 2.25. The molecule has 0 bridgehead atoms. The summed E-state index contributed by atoms with van der Waals surface area (Å²) in [5, 5.41) is 2.69. The van der Waals surface area contributed by atoms with Gasteiger partial charge in [0.2, 0.25) is 10.0 Å². The summed E-state index contributed by atoms with van der Waals surface area (Å²) >= 11 is 3.13. The molecule has 0 atom stereocenters. The summed E-state index contributed by atoms with van der Waals surface area (Å²) in [7, 11) is -3.19. The number of furan rings is 1. The fourth-order valence-electron chi connectivity index (χ4n) is 2.27. The van der Waals surface area contributed by atoms with Gasteiger partial charge in [0.15, 0.2) is 10.4 Å². The molecular formula is C14H13BrN2O4S. The molecular weight excluding hydrogens is 372 g/mol. The van der Waals surface area contributed by atoms with Gasteiger partial charge in [-0.3, -0.25) is 9.10 Å². The Labute approximate surface area is 136 Å². The normalized spacial score (nSPS) is 16.7. The van der Waals surface area contributed by atoms with Crippen LogP contribution in [-0.2, 0) is 10.0 Å². The van der Waals surface area contributed by atoms with Gasteiger partial charge in [0.1, 0.15) is 0 Å². The van der Waals surface area contributed by atoms with Crippen molar-refractivity contribution >= 4 is 43.2 Å². The second kappa shape index (κ2) is 5.77. The molecule has 0 spiro atoms. The highest BCUT2D eigenvalue weighted by atomic mass is 79.9. The Hall–Kier alpha value is -1.80. The fourth-order valence-corrected chi connectivity index (χ4v) is 4.14. The van der Waals surface area contributed by atoms with Gasteiger partial charge in [-0.05, 0) is 58.7 Å². The van der Waals surface area contributed by atoms with Crippen LogP contribution in [0.3, 0.4) is 0 Å². The first kappa shape index (κ1) is 15.1. The van der Waals surface area contributed by atoms with Crippen molar-refractivity contribution in [2.75, 3.05) is 21.9 Å². The number of anilines is 2. The number of benzene rings is 1. The van der Waals surface area contributed by atoms with Crippen LogP contribution in [0.15, 0.2) is 45.5 Å². The molecule has 1 amide bonds. The molecule has 0 radical (unpaired) electrons. The van der Waals surface area contributed by atoms with Crippen molar-refractivity contribution in [1.29, 1.82) is 0 Å². The molecule has 1 fully saturated rings. The van der Waals surface area contributed by atoms with Gasteiger partial charge in [-0.25, -0.2) is 8.42 Å². The van der Waals surface area contributed by atoms with Gasteiger partial charge >= 0.3 is 0 Å². The van der Waals surface area contributed by atoms with Crippen molar-refractivity contribution in [2.24, 2.45) is 0 Å². The van der Waals surface area contributed by atoms with Gasteiger partial charge in [0, 0.05) is 12.2 Å². The van der Waals surface area contributed by atoms with Crippen molar-refractivity contribution in [1.82, 2.24) is 0 Å². The number of nitrogens with one attached hydrogen (secondary N) is 1. The minimum absolute atomic E-state index is 0.179. The summed E-state index contributed by atoms with van der Waals surface area (Å²) in [5.74, 6) is 0.00379. The average molecular weight is 385 g/mol. The lowest BCUT2D eigenvalue weighted by Gasteiger charge is -2.17. The average Bonchev–Trinajstić information content (AvgIpc) is 3.05. The fraction of sp³-hybridized carbons (Fsp3) is 0.214. The van der Waals surface area contributed by atoms with Crippen molar-refractivity contribution in [3.63, 3.8) is 0 Å². The zero-order chi connectivity index (χ0) is 15.7. The summed E-state index contributed by atoms with van der Waals surface area (Å²) in [6.07, 6.45) is 0.633. The van der Waals surface area contributed by atoms with Gasteiger partial charge in [-0.1, -0.05) is 0 Å². The molecule has 1 aliphatic heterocycles. The largest absolute Gasteiger partial charge is 0.444 e. The molecule has 6 nitrogen and oxygen atoms in total. The third kappa shape index (κ3) is 3.02. The first-order valence-electron chi connectivity index (χ1n) is 6.63. The Morgan fingerprint density at radius 2 is 1.91 bits per heavy atom. The molecule has 1 N–H and O–H groups in total. The molecule has 0 saturated carbocycles. The van der Waals surface area contributed by atoms with E-state index < -0.39 is 10.0 Å². The highest BCUT2D eigenvalue weighted by Gasteiger charge is 2.28. The van der Waals surface area contributed by atoms with E-state index in [0.717, 1.165) is 0 Å². The second-order valence-electron chi connectivity index (χ2n) is 4.85. The highest BCUT2D eigenvalue weighted by molar-refractivity contribution is 9.10. The third-order valence-electron chi connectivity index (χ3n) is 3.31. The van der Waals surface area contributed by atoms with Crippen LogP contribution in [0.5, 0.6) is 0 Å². The topological polar surface area (TPSA) is 79.6 Å². The summed E-state index contributed by atoms with van der Waals surface area (Å²) in [4.78, 5) is 11.9. The number of rotatable bonds is 3. The second-order valence-corrected chi connectivity index (χ2v) is 7.64. The third-order valence-corrected chi connectivity index (χ3v) is 5.61. The molecule has 8 heteroatoms. The van der Waals surface area contributed by atoms with Crippen LogP contribution in [0.4, 0.5) is 11.4 Å². The van der Waals surface area contributed by atoms with Crippen LogP contribution in [0.2, 0.25) is 0 Å². The van der Waals surface area contributed by atoms with Gasteiger partial charge in [0.05, 0.1) is 11.4 Å². The summed E-state index contributed by atoms with van der Waals surface area (Å²) < 4.78 is 30.7. The maximum absolute atomic E-state index is 11.9. The lowest BCUT2D eigenvalue weighted by atomic mass is 10.2. The lowest BCUT2D eigenvalue weighted by Crippen LogP contribution is -2.24. The maximum Gasteiger partial charge on any atom is 0.291 e. The van der Waals surface area contributed by atoms with Crippen molar-refractivity contribution in [2.45, 2.75) is 6.42 Å². The molecule has 22 heavy (non-hydrogen) atoms. The van der Waals surface area contributed by atoms with E-state index in [0.29, 0.717) is 29.0 Å². The number of sulfonamides is 1. The summed E-state index contributed by atoms with van der Waals surface area (Å²) in [5.41, 5.74) is 1.18. The molecule has 116 valence electrons. The van der Waals surface area contributed by atoms with Crippen LogP contribution in [0.1, 0.15) is 17.0 Å². The summed E-state index contributed by atoms with van der Waals surface area (Å²) in [6, 6.07) is 9.88. The van der Waals surface area contributed by atoms with Crippen molar-refractivity contribution in [3.8, 4) is 0 Å². The van der Waals surface area contributed by atoms with E-state index in [9.17, 15) is 13.2 Å². The molecule has 1 saturated heterocycles. The van der Waals surface area contributed by atoms with Crippen molar-refractivity contribution in [3.05, 3.63) is 46.8 Å². The van der Waals surface area contributed by atoms with E-state index in [4.69, 9.17) is 4.42 Å². The molecule has 0 aliphatic carbocycles. The van der Waals surface area contributed by atoms with Gasteiger partial charge in [-0.2, -0.15) is 0 Å².